The van der Waals surface area contributed by atoms with Gasteiger partial charge in [-0.3, -0.25) is 9.59 Å². The number of nitrogens with two attached hydrogens (primary N) is 1. The zero-order valence-corrected chi connectivity index (χ0v) is 10.7. The minimum Gasteiger partial charge on any atom is -0.385 e. The Bertz CT molecular complexity index is 304. The molecule has 0 radical (unpaired) electrons. The number of ether oxygens (including phenoxy) is 1. The molecule has 6 nitrogen and oxygen atoms in total. The van der Waals surface area contributed by atoms with E-state index in [1.807, 2.05) is 0 Å². The molecule has 1 aliphatic heterocycles. The van der Waals surface area contributed by atoms with Gasteiger partial charge in [-0.05, 0) is 20.3 Å². The van der Waals surface area contributed by atoms with Gasteiger partial charge in [0.25, 0.3) is 0 Å². The second-order valence-electron chi connectivity index (χ2n) is 4.69. The van der Waals surface area contributed by atoms with E-state index in [1.54, 1.807) is 25.9 Å². The summed E-state index contributed by atoms with van der Waals surface area (Å²) in [6.45, 7) is 4.86. The van der Waals surface area contributed by atoms with Gasteiger partial charge in [0.15, 0.2) is 0 Å². The number of nitrogens with one attached hydrogen (secondary N) is 1. The SMILES string of the molecule is COCCC(N)C(=O)N1CCNC(=O)C1(C)C. The first kappa shape index (κ1) is 13.9. The molecule has 1 aliphatic rings. The number of nitrogens with zero attached hydrogens (tertiary/aromatic N) is 1. The van der Waals surface area contributed by atoms with Gasteiger partial charge < -0.3 is 20.7 Å². The summed E-state index contributed by atoms with van der Waals surface area (Å²) in [6, 6.07) is -0.611. The van der Waals surface area contributed by atoms with Gasteiger partial charge in [0.2, 0.25) is 11.8 Å². The summed E-state index contributed by atoms with van der Waals surface area (Å²) in [5.41, 5.74) is 4.96. The Labute approximate surface area is 101 Å². The topological polar surface area (TPSA) is 84.7 Å². The van der Waals surface area contributed by atoms with Crippen LogP contribution in [-0.4, -0.2) is 55.1 Å². The lowest BCUT2D eigenvalue weighted by Gasteiger charge is -2.42. The molecule has 1 atom stereocenters. The van der Waals surface area contributed by atoms with Crippen LogP contribution < -0.4 is 11.1 Å². The van der Waals surface area contributed by atoms with Crippen molar-refractivity contribution in [2.24, 2.45) is 5.73 Å². The molecule has 0 spiro atoms. The van der Waals surface area contributed by atoms with E-state index in [9.17, 15) is 9.59 Å². The number of carbonyl (C=O) groups excluding carboxylic acids is 2. The smallest absolute Gasteiger partial charge is 0.245 e. The predicted molar refractivity (Wildman–Crippen MR) is 63.3 cm³/mol. The number of hydrogen-bond acceptors (Lipinski definition) is 4. The highest BCUT2D eigenvalue weighted by Gasteiger charge is 2.41. The fourth-order valence-corrected chi connectivity index (χ4v) is 1.85. The van der Waals surface area contributed by atoms with Crippen LogP contribution in [0.1, 0.15) is 20.3 Å². The third-order valence-corrected chi connectivity index (χ3v) is 3.07. The molecule has 1 heterocycles. The first-order chi connectivity index (χ1) is 7.91. The van der Waals surface area contributed by atoms with Gasteiger partial charge in [-0.25, -0.2) is 0 Å². The van der Waals surface area contributed by atoms with Crippen molar-refractivity contribution >= 4 is 11.8 Å². The summed E-state index contributed by atoms with van der Waals surface area (Å²) >= 11 is 0. The van der Waals surface area contributed by atoms with Crippen LogP contribution in [0.3, 0.4) is 0 Å². The molecule has 0 aromatic carbocycles. The zero-order chi connectivity index (χ0) is 13.1. The summed E-state index contributed by atoms with van der Waals surface area (Å²) in [5, 5.41) is 2.74. The van der Waals surface area contributed by atoms with Crippen LogP contribution in [0.25, 0.3) is 0 Å². The quantitative estimate of drug-likeness (QED) is 0.669. The molecule has 98 valence electrons. The molecule has 0 aromatic heterocycles. The largest absolute Gasteiger partial charge is 0.385 e. The lowest BCUT2D eigenvalue weighted by Crippen LogP contribution is -2.65. The molecule has 1 unspecified atom stereocenters. The predicted octanol–water partition coefficient (Wildman–Crippen LogP) is -0.913. The number of rotatable bonds is 4. The van der Waals surface area contributed by atoms with Crippen LogP contribution in [0.15, 0.2) is 0 Å². The molecule has 0 bridgehead atoms. The normalized spacial score (nSPS) is 20.9. The summed E-state index contributed by atoms with van der Waals surface area (Å²) in [4.78, 5) is 25.4. The first-order valence-corrected chi connectivity index (χ1v) is 5.75. The van der Waals surface area contributed by atoms with Crippen molar-refractivity contribution in [3.63, 3.8) is 0 Å². The zero-order valence-electron chi connectivity index (χ0n) is 10.7. The van der Waals surface area contributed by atoms with Crippen molar-refractivity contribution in [3.05, 3.63) is 0 Å². The number of carbonyl (C=O) groups is 2. The van der Waals surface area contributed by atoms with E-state index in [0.717, 1.165) is 0 Å². The van der Waals surface area contributed by atoms with Crippen LogP contribution in [-0.2, 0) is 14.3 Å². The highest BCUT2D eigenvalue weighted by molar-refractivity contribution is 5.93. The highest BCUT2D eigenvalue weighted by Crippen LogP contribution is 2.18. The second kappa shape index (κ2) is 5.46. The molecule has 3 N–H and O–H groups in total. The maximum Gasteiger partial charge on any atom is 0.245 e. The van der Waals surface area contributed by atoms with Crippen molar-refractivity contribution < 1.29 is 14.3 Å². The van der Waals surface area contributed by atoms with Crippen LogP contribution >= 0.6 is 0 Å². The fraction of sp³-hybridized carbons (Fsp3) is 0.818. The Morgan fingerprint density at radius 3 is 2.88 bits per heavy atom. The molecule has 1 fully saturated rings. The third-order valence-electron chi connectivity index (χ3n) is 3.07. The van der Waals surface area contributed by atoms with E-state index in [0.29, 0.717) is 26.1 Å². The van der Waals surface area contributed by atoms with Crippen molar-refractivity contribution in [1.82, 2.24) is 10.2 Å². The van der Waals surface area contributed by atoms with E-state index in [1.165, 1.54) is 0 Å². The van der Waals surface area contributed by atoms with Crippen molar-refractivity contribution in [3.8, 4) is 0 Å². The summed E-state index contributed by atoms with van der Waals surface area (Å²) < 4.78 is 4.89. The average molecular weight is 243 g/mol. The lowest BCUT2D eigenvalue weighted by molar-refractivity contribution is -0.150. The fourth-order valence-electron chi connectivity index (χ4n) is 1.85. The molecule has 0 aliphatic carbocycles. The Balaban J connectivity index is 2.70. The second-order valence-corrected chi connectivity index (χ2v) is 4.69. The summed E-state index contributed by atoms with van der Waals surface area (Å²) in [5.74, 6) is -0.335. The number of methoxy groups -OCH3 is 1. The van der Waals surface area contributed by atoms with E-state index in [-0.39, 0.29) is 11.8 Å². The number of hydrogen-bond donors (Lipinski definition) is 2. The minimum absolute atomic E-state index is 0.143. The van der Waals surface area contributed by atoms with Crippen LogP contribution in [0.4, 0.5) is 0 Å². The molecular formula is C11H21N3O3. The Morgan fingerprint density at radius 2 is 2.29 bits per heavy atom. The minimum atomic E-state index is -0.833. The molecule has 1 saturated heterocycles. The Hall–Kier alpha value is -1.14. The molecule has 0 saturated carbocycles. The Kier molecular flexibility index (Phi) is 4.47. The molecule has 2 amide bonds. The monoisotopic (exact) mass is 243 g/mol. The van der Waals surface area contributed by atoms with Gasteiger partial charge in [-0.1, -0.05) is 0 Å². The first-order valence-electron chi connectivity index (χ1n) is 5.75. The molecule has 0 aromatic rings. The molecule has 1 rings (SSSR count). The molecule has 17 heavy (non-hydrogen) atoms. The van der Waals surface area contributed by atoms with E-state index < -0.39 is 11.6 Å². The van der Waals surface area contributed by atoms with Crippen LogP contribution in [0, 0.1) is 0 Å². The molecular weight excluding hydrogens is 222 g/mol. The van der Waals surface area contributed by atoms with Crippen LogP contribution in [0.2, 0.25) is 0 Å². The van der Waals surface area contributed by atoms with Crippen LogP contribution in [0.5, 0.6) is 0 Å². The van der Waals surface area contributed by atoms with Gasteiger partial charge in [-0.15, -0.1) is 0 Å². The van der Waals surface area contributed by atoms with E-state index in [4.69, 9.17) is 10.5 Å². The molecule has 6 heteroatoms. The summed E-state index contributed by atoms with van der Waals surface area (Å²) in [7, 11) is 1.56. The van der Waals surface area contributed by atoms with Gasteiger partial charge in [0.1, 0.15) is 5.54 Å². The van der Waals surface area contributed by atoms with Crippen molar-refractivity contribution in [1.29, 1.82) is 0 Å². The maximum atomic E-state index is 12.1. The standard InChI is InChI=1S/C11H21N3O3/c1-11(2)10(16)13-5-6-14(11)9(15)8(12)4-7-17-3/h8H,4-7,12H2,1-3H3,(H,13,16). The van der Waals surface area contributed by atoms with Crippen molar-refractivity contribution in [2.45, 2.75) is 31.8 Å². The van der Waals surface area contributed by atoms with Gasteiger partial charge in [0, 0.05) is 26.8 Å². The van der Waals surface area contributed by atoms with Crippen molar-refractivity contribution in [2.75, 3.05) is 26.8 Å². The third kappa shape index (κ3) is 2.95. The lowest BCUT2D eigenvalue weighted by atomic mass is 9.97. The number of piperazine rings is 1. The van der Waals surface area contributed by atoms with Gasteiger partial charge >= 0.3 is 0 Å². The van der Waals surface area contributed by atoms with E-state index >= 15 is 0 Å². The van der Waals surface area contributed by atoms with E-state index in [2.05, 4.69) is 5.32 Å². The van der Waals surface area contributed by atoms with Gasteiger partial charge in [0.05, 0.1) is 6.04 Å². The highest BCUT2D eigenvalue weighted by atomic mass is 16.5. The Morgan fingerprint density at radius 1 is 1.65 bits per heavy atom. The average Bonchev–Trinajstić information content (AvgIpc) is 2.28. The number of amides is 2. The van der Waals surface area contributed by atoms with Gasteiger partial charge in [-0.2, -0.15) is 0 Å². The maximum absolute atomic E-state index is 12.1. The summed E-state index contributed by atoms with van der Waals surface area (Å²) in [6.07, 6.45) is 0.462.